The molecule has 1 rings (SSSR count). The predicted octanol–water partition coefficient (Wildman–Crippen LogP) is 2.22. The maximum absolute atomic E-state index is 11.9. The molecule has 0 N–H and O–H groups in total. The van der Waals surface area contributed by atoms with Gasteiger partial charge in [-0.15, -0.1) is 0 Å². The predicted molar refractivity (Wildman–Crippen MR) is 32.0 cm³/mol. The zero-order chi connectivity index (χ0) is 5.71. The smallest absolute Gasteiger partial charge is 0.205 e. The van der Waals surface area contributed by atoms with Crippen LogP contribution in [0.2, 0.25) is 0 Å². The first kappa shape index (κ1) is 5.72. The number of halogens is 3. The van der Waals surface area contributed by atoms with E-state index in [4.69, 9.17) is 0 Å². The lowest BCUT2D eigenvalue weighted by Crippen LogP contribution is -2.02. The molecule has 0 aromatic heterocycles. The molecule has 7 heavy (non-hydrogen) atoms. The van der Waals surface area contributed by atoms with E-state index in [9.17, 15) is 8.78 Å². The zero-order valence-corrected chi connectivity index (χ0v) is 6.00. The second kappa shape index (κ2) is 1.11. The van der Waals surface area contributed by atoms with Gasteiger partial charge in [-0.1, -0.05) is 22.6 Å². The van der Waals surface area contributed by atoms with Crippen LogP contribution in [0, 0.1) is 0 Å². The van der Waals surface area contributed by atoms with Gasteiger partial charge in [-0.05, 0) is 6.92 Å². The van der Waals surface area contributed by atoms with E-state index in [2.05, 4.69) is 0 Å². The molecule has 42 valence electrons. The molecule has 0 saturated heterocycles. The Morgan fingerprint density at radius 3 is 1.71 bits per heavy atom. The van der Waals surface area contributed by atoms with E-state index < -0.39 is 9.34 Å². The summed E-state index contributed by atoms with van der Waals surface area (Å²) in [5.74, 6) is -2.37. The lowest BCUT2D eigenvalue weighted by Gasteiger charge is -1.94. The highest BCUT2D eigenvalue weighted by Gasteiger charge is 2.66. The van der Waals surface area contributed by atoms with E-state index in [1.165, 1.54) is 0 Å². The minimum Gasteiger partial charge on any atom is -0.205 e. The largest absolute Gasteiger partial charge is 0.263 e. The van der Waals surface area contributed by atoms with Crippen LogP contribution in [0.15, 0.2) is 0 Å². The fraction of sp³-hybridized carbons (Fsp3) is 1.00. The molecule has 0 aliphatic heterocycles. The average molecular weight is 218 g/mol. The molecule has 1 fully saturated rings. The molecule has 3 heteroatoms. The summed E-state index contributed by atoms with van der Waals surface area (Å²) >= 11 is 1.78. The second-order valence-electron chi connectivity index (χ2n) is 2.08. The van der Waals surface area contributed by atoms with Gasteiger partial charge >= 0.3 is 0 Å². The van der Waals surface area contributed by atoms with Crippen molar-refractivity contribution in [3.63, 3.8) is 0 Å². The lowest BCUT2D eigenvalue weighted by molar-refractivity contribution is 0.112. The Kier molecular flexibility index (Phi) is 0.911. The first-order valence-electron chi connectivity index (χ1n) is 2.02. The Bertz CT molecular complexity index is 85.9. The van der Waals surface area contributed by atoms with Gasteiger partial charge in [0.25, 0.3) is 5.92 Å². The molecule has 1 unspecified atom stereocenters. The summed E-state index contributed by atoms with van der Waals surface area (Å²) in [6.07, 6.45) is 0.0561. The van der Waals surface area contributed by atoms with Crippen molar-refractivity contribution in [3.05, 3.63) is 0 Å². The van der Waals surface area contributed by atoms with Crippen LogP contribution in [0.25, 0.3) is 0 Å². The highest BCUT2D eigenvalue weighted by molar-refractivity contribution is 14.1. The summed E-state index contributed by atoms with van der Waals surface area (Å²) < 4.78 is 23.1. The lowest BCUT2D eigenvalue weighted by atomic mass is 10.5. The molecular formula is C4H5F2I. The highest BCUT2D eigenvalue weighted by Crippen LogP contribution is 2.58. The van der Waals surface area contributed by atoms with E-state index in [1.807, 2.05) is 0 Å². The van der Waals surface area contributed by atoms with Crippen molar-refractivity contribution in [2.75, 3.05) is 0 Å². The molecule has 1 aliphatic carbocycles. The molecule has 0 spiro atoms. The highest BCUT2D eigenvalue weighted by atomic mass is 127. The number of rotatable bonds is 0. The summed E-state index contributed by atoms with van der Waals surface area (Å²) in [5, 5.41) is 0. The molecule has 1 aliphatic rings. The summed E-state index contributed by atoms with van der Waals surface area (Å²) in [6, 6.07) is 0. The summed E-state index contributed by atoms with van der Waals surface area (Å²) in [6.45, 7) is 1.56. The monoisotopic (exact) mass is 218 g/mol. The number of hydrogen-bond acceptors (Lipinski definition) is 0. The second-order valence-corrected chi connectivity index (χ2v) is 4.46. The van der Waals surface area contributed by atoms with Crippen LogP contribution in [-0.4, -0.2) is 9.34 Å². The van der Waals surface area contributed by atoms with Crippen molar-refractivity contribution in [1.82, 2.24) is 0 Å². The third-order valence-electron chi connectivity index (χ3n) is 1.19. The van der Waals surface area contributed by atoms with Crippen molar-refractivity contribution in [3.8, 4) is 0 Å². The van der Waals surface area contributed by atoms with Crippen LogP contribution in [0.5, 0.6) is 0 Å². The molecule has 1 saturated carbocycles. The van der Waals surface area contributed by atoms with Crippen molar-refractivity contribution in [1.29, 1.82) is 0 Å². The SMILES string of the molecule is CC1(I)CC1(F)F. The van der Waals surface area contributed by atoms with E-state index >= 15 is 0 Å². The molecule has 0 amide bonds. The third-order valence-corrected chi connectivity index (χ3v) is 2.36. The first-order chi connectivity index (χ1) is 2.96. The molecule has 0 nitrogen and oxygen atoms in total. The Balaban J connectivity index is 2.59. The van der Waals surface area contributed by atoms with Crippen LogP contribution in [0.1, 0.15) is 13.3 Å². The Labute approximate surface area is 54.4 Å². The minimum absolute atomic E-state index is 0.0561. The standard InChI is InChI=1S/C4H5F2I/c1-3(7)2-4(3,5)6/h2H2,1H3. The Morgan fingerprint density at radius 2 is 1.71 bits per heavy atom. The quantitative estimate of drug-likeness (QED) is 0.432. The van der Waals surface area contributed by atoms with Gasteiger partial charge in [-0.25, -0.2) is 8.78 Å². The van der Waals surface area contributed by atoms with Crippen molar-refractivity contribution >= 4 is 22.6 Å². The number of hydrogen-bond donors (Lipinski definition) is 0. The maximum Gasteiger partial charge on any atom is 0.263 e. The molecule has 1 atom stereocenters. The van der Waals surface area contributed by atoms with Gasteiger partial charge in [0.2, 0.25) is 0 Å². The Morgan fingerprint density at radius 1 is 1.57 bits per heavy atom. The van der Waals surface area contributed by atoms with E-state index in [0.717, 1.165) is 0 Å². The molecule has 0 heterocycles. The van der Waals surface area contributed by atoms with Crippen LogP contribution < -0.4 is 0 Å². The van der Waals surface area contributed by atoms with Gasteiger partial charge < -0.3 is 0 Å². The van der Waals surface area contributed by atoms with Gasteiger partial charge in [-0.3, -0.25) is 0 Å². The molecule has 0 aromatic carbocycles. The van der Waals surface area contributed by atoms with Crippen LogP contribution in [0.4, 0.5) is 8.78 Å². The summed E-state index contributed by atoms with van der Waals surface area (Å²) in [7, 11) is 0. The van der Waals surface area contributed by atoms with Crippen molar-refractivity contribution in [2.24, 2.45) is 0 Å². The zero-order valence-electron chi connectivity index (χ0n) is 3.84. The normalized spacial score (nSPS) is 46.3. The van der Waals surface area contributed by atoms with Crippen molar-refractivity contribution < 1.29 is 8.78 Å². The van der Waals surface area contributed by atoms with E-state index in [1.54, 1.807) is 29.5 Å². The molecule has 0 bridgehead atoms. The van der Waals surface area contributed by atoms with Gasteiger partial charge in [0, 0.05) is 6.42 Å². The third kappa shape index (κ3) is 0.752. The van der Waals surface area contributed by atoms with Gasteiger partial charge in [0.05, 0.1) is 3.42 Å². The molecule has 0 radical (unpaired) electrons. The van der Waals surface area contributed by atoms with E-state index in [0.29, 0.717) is 0 Å². The summed E-state index contributed by atoms with van der Waals surface area (Å²) in [5.41, 5.74) is 0. The van der Waals surface area contributed by atoms with E-state index in [-0.39, 0.29) is 6.42 Å². The van der Waals surface area contributed by atoms with Crippen molar-refractivity contribution in [2.45, 2.75) is 22.7 Å². The Hall–Kier alpha value is 0.590. The molecular weight excluding hydrogens is 213 g/mol. The van der Waals surface area contributed by atoms with Crippen LogP contribution in [0.3, 0.4) is 0 Å². The van der Waals surface area contributed by atoms with Gasteiger partial charge in [-0.2, -0.15) is 0 Å². The van der Waals surface area contributed by atoms with Gasteiger partial charge in [0.1, 0.15) is 0 Å². The van der Waals surface area contributed by atoms with Crippen LogP contribution in [-0.2, 0) is 0 Å². The number of alkyl halides is 3. The fourth-order valence-corrected chi connectivity index (χ4v) is 0.852. The van der Waals surface area contributed by atoms with Gasteiger partial charge in [0.15, 0.2) is 0 Å². The maximum atomic E-state index is 11.9. The topological polar surface area (TPSA) is 0 Å². The summed E-state index contributed by atoms with van der Waals surface area (Å²) in [4.78, 5) is 0. The minimum atomic E-state index is -2.37. The average Bonchev–Trinajstić information content (AvgIpc) is 1.63. The first-order valence-corrected chi connectivity index (χ1v) is 3.10. The fourth-order valence-electron chi connectivity index (χ4n) is 0.373. The van der Waals surface area contributed by atoms with Crippen LogP contribution >= 0.6 is 22.6 Å². The molecule has 0 aromatic rings.